The Morgan fingerprint density at radius 3 is 2.17 bits per heavy atom. The number of carbonyl (C=O) groups excluding carboxylic acids is 1. The van der Waals surface area contributed by atoms with Crippen LogP contribution >= 0.6 is 0 Å². The molecule has 1 amide bonds. The predicted molar refractivity (Wildman–Crippen MR) is 110 cm³/mol. The lowest BCUT2D eigenvalue weighted by molar-refractivity contribution is -0.114. The highest BCUT2D eigenvalue weighted by molar-refractivity contribution is 7.92. The molecule has 1 heterocycles. The van der Waals surface area contributed by atoms with E-state index in [9.17, 15) is 13.2 Å². The minimum atomic E-state index is -3.74. The maximum Gasteiger partial charge on any atom is 0.263 e. The Balaban J connectivity index is 1.34. The monoisotopic (exact) mass is 414 g/mol. The second-order valence-corrected chi connectivity index (χ2v) is 10.8. The Kier molecular flexibility index (Phi) is 4.24. The van der Waals surface area contributed by atoms with Crippen LogP contribution in [0.2, 0.25) is 0 Å². The maximum absolute atomic E-state index is 12.7. The lowest BCUT2D eigenvalue weighted by Crippen LogP contribution is -2.52. The first-order valence-corrected chi connectivity index (χ1v) is 11.8. The maximum atomic E-state index is 12.7. The SMILES string of the molecule is CC(=O)Nc1ccc(S(=O)(=O)Nc2ccn(C34CC5CC(CC(C5)C3)C4)n2)cc1. The van der Waals surface area contributed by atoms with E-state index in [1.807, 2.05) is 10.9 Å². The summed E-state index contributed by atoms with van der Waals surface area (Å²) < 4.78 is 30.1. The molecule has 1 aromatic carbocycles. The second kappa shape index (κ2) is 6.58. The van der Waals surface area contributed by atoms with Crippen LogP contribution in [0.5, 0.6) is 0 Å². The van der Waals surface area contributed by atoms with E-state index in [0.29, 0.717) is 11.5 Å². The van der Waals surface area contributed by atoms with Gasteiger partial charge in [0.15, 0.2) is 5.82 Å². The fourth-order valence-electron chi connectivity index (χ4n) is 6.11. The van der Waals surface area contributed by atoms with E-state index in [2.05, 4.69) is 15.1 Å². The Labute approximate surface area is 170 Å². The fourth-order valence-corrected chi connectivity index (χ4v) is 7.10. The summed E-state index contributed by atoms with van der Waals surface area (Å²) in [5, 5.41) is 7.27. The summed E-state index contributed by atoms with van der Waals surface area (Å²) in [6.45, 7) is 1.41. The summed E-state index contributed by atoms with van der Waals surface area (Å²) in [6.07, 6.45) is 9.49. The molecule has 7 nitrogen and oxygen atoms in total. The Bertz CT molecular complexity index is 1010. The molecule has 0 unspecified atom stereocenters. The van der Waals surface area contributed by atoms with Crippen LogP contribution in [0.3, 0.4) is 0 Å². The Hall–Kier alpha value is -2.35. The molecule has 0 saturated heterocycles. The second-order valence-electron chi connectivity index (χ2n) is 9.10. The molecule has 1 aromatic heterocycles. The summed E-state index contributed by atoms with van der Waals surface area (Å²) in [4.78, 5) is 11.2. The number of benzene rings is 1. The summed E-state index contributed by atoms with van der Waals surface area (Å²) in [7, 11) is -3.74. The molecule has 4 fully saturated rings. The highest BCUT2D eigenvalue weighted by Crippen LogP contribution is 2.58. The van der Waals surface area contributed by atoms with Crippen molar-refractivity contribution in [3.8, 4) is 0 Å². The first-order valence-electron chi connectivity index (χ1n) is 10.3. The zero-order valence-electron chi connectivity index (χ0n) is 16.5. The highest BCUT2D eigenvalue weighted by atomic mass is 32.2. The number of hydrogen-bond donors (Lipinski definition) is 2. The normalized spacial score (nSPS) is 30.3. The Morgan fingerprint density at radius 2 is 1.62 bits per heavy atom. The largest absolute Gasteiger partial charge is 0.326 e. The third-order valence-electron chi connectivity index (χ3n) is 6.80. The third kappa shape index (κ3) is 3.43. The number of carbonyl (C=O) groups is 1. The molecule has 2 aromatic rings. The van der Waals surface area contributed by atoms with Gasteiger partial charge in [-0.2, -0.15) is 5.10 Å². The van der Waals surface area contributed by atoms with Gasteiger partial charge in [0.2, 0.25) is 5.91 Å². The van der Waals surface area contributed by atoms with E-state index < -0.39 is 10.0 Å². The van der Waals surface area contributed by atoms with Crippen LogP contribution in [0, 0.1) is 17.8 Å². The molecule has 29 heavy (non-hydrogen) atoms. The average molecular weight is 415 g/mol. The van der Waals surface area contributed by atoms with Gasteiger partial charge in [-0.1, -0.05) is 0 Å². The van der Waals surface area contributed by atoms with Crippen LogP contribution in [0.4, 0.5) is 11.5 Å². The highest BCUT2D eigenvalue weighted by Gasteiger charge is 2.52. The van der Waals surface area contributed by atoms with Crippen molar-refractivity contribution in [3.05, 3.63) is 36.5 Å². The number of nitrogens with one attached hydrogen (secondary N) is 2. The fraction of sp³-hybridized carbons (Fsp3) is 0.524. The molecule has 0 atom stereocenters. The molecule has 4 aliphatic carbocycles. The van der Waals surface area contributed by atoms with Crippen molar-refractivity contribution in [2.45, 2.75) is 55.9 Å². The van der Waals surface area contributed by atoms with E-state index in [0.717, 1.165) is 17.8 Å². The average Bonchev–Trinajstić information content (AvgIpc) is 3.09. The minimum absolute atomic E-state index is 0.0679. The van der Waals surface area contributed by atoms with E-state index in [4.69, 9.17) is 0 Å². The van der Waals surface area contributed by atoms with Gasteiger partial charge in [0.25, 0.3) is 10.0 Å². The number of nitrogens with zero attached hydrogens (tertiary/aromatic N) is 2. The van der Waals surface area contributed by atoms with Gasteiger partial charge in [0, 0.05) is 24.9 Å². The summed E-state index contributed by atoms with van der Waals surface area (Å²) in [6, 6.07) is 7.85. The van der Waals surface area contributed by atoms with Crippen molar-refractivity contribution in [1.29, 1.82) is 0 Å². The van der Waals surface area contributed by atoms with Gasteiger partial charge >= 0.3 is 0 Å². The molecular weight excluding hydrogens is 388 g/mol. The molecule has 0 aliphatic heterocycles. The predicted octanol–water partition coefficient (Wildman–Crippen LogP) is 3.57. The molecular formula is C21H26N4O3S. The number of amides is 1. The van der Waals surface area contributed by atoms with Gasteiger partial charge in [0.05, 0.1) is 10.4 Å². The topological polar surface area (TPSA) is 93.1 Å². The molecule has 2 N–H and O–H groups in total. The first-order chi connectivity index (χ1) is 13.8. The zero-order chi connectivity index (χ0) is 20.2. The van der Waals surface area contributed by atoms with Gasteiger partial charge in [-0.15, -0.1) is 0 Å². The number of rotatable bonds is 5. The minimum Gasteiger partial charge on any atom is -0.326 e. The molecule has 4 saturated carbocycles. The van der Waals surface area contributed by atoms with Crippen LogP contribution in [0.1, 0.15) is 45.4 Å². The number of sulfonamides is 1. The van der Waals surface area contributed by atoms with Crippen molar-refractivity contribution in [3.63, 3.8) is 0 Å². The number of hydrogen-bond acceptors (Lipinski definition) is 4. The van der Waals surface area contributed by atoms with Crippen LogP contribution in [-0.4, -0.2) is 24.1 Å². The van der Waals surface area contributed by atoms with E-state index in [1.165, 1.54) is 57.6 Å². The van der Waals surface area contributed by atoms with Gasteiger partial charge < -0.3 is 5.32 Å². The van der Waals surface area contributed by atoms with E-state index in [-0.39, 0.29) is 16.3 Å². The van der Waals surface area contributed by atoms with Crippen molar-refractivity contribution in [2.24, 2.45) is 17.8 Å². The van der Waals surface area contributed by atoms with E-state index in [1.54, 1.807) is 18.2 Å². The molecule has 8 heteroatoms. The molecule has 154 valence electrons. The Morgan fingerprint density at radius 1 is 1.03 bits per heavy atom. The van der Waals surface area contributed by atoms with Crippen LogP contribution in [0.25, 0.3) is 0 Å². The lowest BCUT2D eigenvalue weighted by atomic mass is 9.53. The number of anilines is 2. The zero-order valence-corrected chi connectivity index (χ0v) is 17.3. The standard InChI is InChI=1S/C21H26N4O3S/c1-14(26)22-18-2-4-19(5-3-18)29(27,28)24-20-6-7-25(23-20)21-11-15-8-16(12-21)10-17(9-15)13-21/h2-7,15-17H,8-13H2,1H3,(H,22,26)(H,23,24). The number of aromatic nitrogens is 2. The smallest absolute Gasteiger partial charge is 0.263 e. The summed E-state index contributed by atoms with van der Waals surface area (Å²) in [5.41, 5.74) is 0.626. The van der Waals surface area contributed by atoms with Crippen LogP contribution in [0.15, 0.2) is 41.4 Å². The third-order valence-corrected chi connectivity index (χ3v) is 8.18. The van der Waals surface area contributed by atoms with Crippen molar-refractivity contribution in [1.82, 2.24) is 9.78 Å². The van der Waals surface area contributed by atoms with Crippen molar-refractivity contribution < 1.29 is 13.2 Å². The summed E-state index contributed by atoms with van der Waals surface area (Å²) >= 11 is 0. The van der Waals surface area contributed by atoms with Crippen molar-refractivity contribution in [2.75, 3.05) is 10.0 Å². The molecule has 0 spiro atoms. The van der Waals surface area contributed by atoms with E-state index >= 15 is 0 Å². The molecule has 0 radical (unpaired) electrons. The van der Waals surface area contributed by atoms with Crippen molar-refractivity contribution >= 4 is 27.4 Å². The van der Waals surface area contributed by atoms with Gasteiger partial charge in [-0.05, 0) is 80.5 Å². The van der Waals surface area contributed by atoms with Crippen LogP contribution in [-0.2, 0) is 20.4 Å². The quantitative estimate of drug-likeness (QED) is 0.782. The molecule has 6 rings (SSSR count). The summed E-state index contributed by atoms with van der Waals surface area (Å²) in [5.74, 6) is 2.55. The molecule has 4 bridgehead atoms. The van der Waals surface area contributed by atoms with Gasteiger partial charge in [-0.25, -0.2) is 8.42 Å². The lowest BCUT2D eigenvalue weighted by Gasteiger charge is -2.56. The first kappa shape index (κ1) is 18.7. The van der Waals surface area contributed by atoms with Gasteiger partial charge in [0.1, 0.15) is 0 Å². The van der Waals surface area contributed by atoms with Gasteiger partial charge in [-0.3, -0.25) is 14.2 Å². The van der Waals surface area contributed by atoms with Crippen LogP contribution < -0.4 is 10.0 Å². The molecule has 4 aliphatic rings.